The Morgan fingerprint density at radius 1 is 1.15 bits per heavy atom. The van der Waals surface area contributed by atoms with Crippen LogP contribution in [0.2, 0.25) is 5.02 Å². The van der Waals surface area contributed by atoms with Crippen molar-refractivity contribution in [3.63, 3.8) is 0 Å². The van der Waals surface area contributed by atoms with Crippen LogP contribution in [0.3, 0.4) is 0 Å². The van der Waals surface area contributed by atoms with E-state index in [4.69, 9.17) is 25.8 Å². The van der Waals surface area contributed by atoms with Gasteiger partial charge in [-0.25, -0.2) is 4.98 Å². The van der Waals surface area contributed by atoms with E-state index < -0.39 is 0 Å². The van der Waals surface area contributed by atoms with Crippen LogP contribution in [0.15, 0.2) is 36.5 Å². The number of rotatable bonds is 10. The third kappa shape index (κ3) is 6.90. The summed E-state index contributed by atoms with van der Waals surface area (Å²) in [6.45, 7) is 3.32. The van der Waals surface area contributed by atoms with Gasteiger partial charge in [0.2, 0.25) is 11.8 Å². The first-order chi connectivity index (χ1) is 12.6. The third-order valence-electron chi connectivity index (χ3n) is 3.50. The molecule has 1 N–H and O–H groups in total. The SMILES string of the molecule is COCCOc1ccc(NC(=O)CCCOc2ccc(Cl)cc2C)cn1. The first-order valence-corrected chi connectivity index (χ1v) is 8.73. The molecule has 7 heteroatoms. The van der Waals surface area contributed by atoms with Crippen LogP contribution in [0, 0.1) is 6.92 Å². The van der Waals surface area contributed by atoms with Crippen LogP contribution in [0.25, 0.3) is 0 Å². The number of hydrogen-bond acceptors (Lipinski definition) is 5. The number of aryl methyl sites for hydroxylation is 1. The summed E-state index contributed by atoms with van der Waals surface area (Å²) in [6, 6.07) is 8.92. The number of nitrogens with one attached hydrogen (secondary N) is 1. The van der Waals surface area contributed by atoms with Crippen molar-refractivity contribution in [2.75, 3.05) is 32.2 Å². The molecule has 6 nitrogen and oxygen atoms in total. The summed E-state index contributed by atoms with van der Waals surface area (Å²) in [5.41, 5.74) is 1.60. The number of hydrogen-bond donors (Lipinski definition) is 1. The van der Waals surface area contributed by atoms with Crippen LogP contribution in [0.5, 0.6) is 11.6 Å². The van der Waals surface area contributed by atoms with Crippen LogP contribution >= 0.6 is 11.6 Å². The predicted octanol–water partition coefficient (Wildman–Crippen LogP) is 3.87. The number of carbonyl (C=O) groups is 1. The lowest BCUT2D eigenvalue weighted by Gasteiger charge is -2.10. The second-order valence-corrected chi connectivity index (χ2v) is 6.07. The largest absolute Gasteiger partial charge is 0.493 e. The summed E-state index contributed by atoms with van der Waals surface area (Å²) in [7, 11) is 1.61. The highest BCUT2D eigenvalue weighted by molar-refractivity contribution is 6.30. The van der Waals surface area contributed by atoms with E-state index >= 15 is 0 Å². The normalized spacial score (nSPS) is 10.4. The molecule has 26 heavy (non-hydrogen) atoms. The molecule has 0 atom stereocenters. The van der Waals surface area contributed by atoms with E-state index in [9.17, 15) is 4.79 Å². The summed E-state index contributed by atoms with van der Waals surface area (Å²) < 4.78 is 15.9. The van der Waals surface area contributed by atoms with Gasteiger partial charge in [0.15, 0.2) is 0 Å². The van der Waals surface area contributed by atoms with E-state index in [1.54, 1.807) is 31.5 Å². The summed E-state index contributed by atoms with van der Waals surface area (Å²) >= 11 is 5.91. The molecule has 0 spiro atoms. The zero-order valence-electron chi connectivity index (χ0n) is 15.0. The maximum Gasteiger partial charge on any atom is 0.224 e. The van der Waals surface area contributed by atoms with Crippen molar-refractivity contribution in [3.8, 4) is 11.6 Å². The molecule has 0 aliphatic carbocycles. The van der Waals surface area contributed by atoms with Crippen molar-refractivity contribution in [3.05, 3.63) is 47.1 Å². The summed E-state index contributed by atoms with van der Waals surface area (Å²) in [5.74, 6) is 1.19. The summed E-state index contributed by atoms with van der Waals surface area (Å²) in [4.78, 5) is 16.1. The molecule has 0 saturated carbocycles. The number of ether oxygens (including phenoxy) is 3. The lowest BCUT2D eigenvalue weighted by Crippen LogP contribution is -2.13. The van der Waals surface area contributed by atoms with Crippen LogP contribution in [0.4, 0.5) is 5.69 Å². The highest BCUT2D eigenvalue weighted by Gasteiger charge is 2.05. The Morgan fingerprint density at radius 2 is 2.00 bits per heavy atom. The highest BCUT2D eigenvalue weighted by atomic mass is 35.5. The lowest BCUT2D eigenvalue weighted by atomic mass is 10.2. The molecule has 1 aromatic heterocycles. The molecule has 1 heterocycles. The molecule has 0 aliphatic rings. The Balaban J connectivity index is 1.68. The van der Waals surface area contributed by atoms with Gasteiger partial charge in [-0.2, -0.15) is 0 Å². The van der Waals surface area contributed by atoms with Gasteiger partial charge >= 0.3 is 0 Å². The maximum absolute atomic E-state index is 12.0. The standard InChI is InChI=1S/C19H23ClN2O4/c1-14-12-15(20)5-7-17(14)25-9-3-4-18(23)22-16-6-8-19(21-13-16)26-11-10-24-2/h5-8,12-13H,3-4,9-11H2,1-2H3,(H,22,23). The fraction of sp³-hybridized carbons (Fsp3) is 0.368. The Labute approximate surface area is 158 Å². The molecule has 1 aromatic carbocycles. The molecule has 0 radical (unpaired) electrons. The second-order valence-electron chi connectivity index (χ2n) is 5.64. The monoisotopic (exact) mass is 378 g/mol. The molecule has 140 valence electrons. The van der Waals surface area contributed by atoms with Crippen molar-refractivity contribution in [2.24, 2.45) is 0 Å². The number of carbonyl (C=O) groups excluding carboxylic acids is 1. The predicted molar refractivity (Wildman–Crippen MR) is 101 cm³/mol. The van der Waals surface area contributed by atoms with Crippen LogP contribution in [-0.2, 0) is 9.53 Å². The van der Waals surface area contributed by atoms with Crippen molar-refractivity contribution >= 4 is 23.2 Å². The molecule has 0 bridgehead atoms. The quantitative estimate of drug-likeness (QED) is 0.635. The average molecular weight is 379 g/mol. The van der Waals surface area contributed by atoms with E-state index in [0.29, 0.717) is 49.3 Å². The fourth-order valence-corrected chi connectivity index (χ4v) is 2.41. The van der Waals surface area contributed by atoms with E-state index in [1.165, 1.54) is 0 Å². The molecular formula is C19H23ClN2O4. The first-order valence-electron chi connectivity index (χ1n) is 8.35. The number of pyridine rings is 1. The van der Waals surface area contributed by atoms with Crippen molar-refractivity contribution in [2.45, 2.75) is 19.8 Å². The minimum Gasteiger partial charge on any atom is -0.493 e. The zero-order valence-corrected chi connectivity index (χ0v) is 15.7. The van der Waals surface area contributed by atoms with Crippen LogP contribution < -0.4 is 14.8 Å². The van der Waals surface area contributed by atoms with E-state index in [2.05, 4.69) is 10.3 Å². The molecular weight excluding hydrogens is 356 g/mol. The molecule has 0 saturated heterocycles. The maximum atomic E-state index is 12.0. The number of amides is 1. The first kappa shape index (κ1) is 20.0. The van der Waals surface area contributed by atoms with Gasteiger partial charge in [-0.3, -0.25) is 4.79 Å². The smallest absolute Gasteiger partial charge is 0.224 e. The third-order valence-corrected chi connectivity index (χ3v) is 3.74. The average Bonchev–Trinajstić information content (AvgIpc) is 2.62. The lowest BCUT2D eigenvalue weighted by molar-refractivity contribution is -0.116. The summed E-state index contributed by atoms with van der Waals surface area (Å²) in [6.07, 6.45) is 2.53. The Bertz CT molecular complexity index is 707. The fourth-order valence-electron chi connectivity index (χ4n) is 2.18. The Morgan fingerprint density at radius 3 is 2.69 bits per heavy atom. The van der Waals surface area contributed by atoms with E-state index in [-0.39, 0.29) is 5.91 Å². The minimum absolute atomic E-state index is 0.0868. The molecule has 2 rings (SSSR count). The number of anilines is 1. The van der Waals surface area contributed by atoms with Gasteiger partial charge in [-0.05, 0) is 43.2 Å². The van der Waals surface area contributed by atoms with Gasteiger partial charge in [0.05, 0.1) is 25.1 Å². The van der Waals surface area contributed by atoms with E-state index in [0.717, 1.165) is 11.3 Å². The molecule has 0 unspecified atom stereocenters. The van der Waals surface area contributed by atoms with Crippen LogP contribution in [-0.4, -0.2) is 37.8 Å². The van der Waals surface area contributed by atoms with E-state index in [1.807, 2.05) is 19.1 Å². The highest BCUT2D eigenvalue weighted by Crippen LogP contribution is 2.22. The minimum atomic E-state index is -0.0868. The molecule has 2 aromatic rings. The molecule has 0 aliphatic heterocycles. The molecule has 0 fully saturated rings. The number of aromatic nitrogens is 1. The van der Waals surface area contributed by atoms with Gasteiger partial charge < -0.3 is 19.5 Å². The molecule has 1 amide bonds. The van der Waals surface area contributed by atoms with Gasteiger partial charge in [0, 0.05) is 24.6 Å². The summed E-state index contributed by atoms with van der Waals surface area (Å²) in [5, 5.41) is 3.48. The van der Waals surface area contributed by atoms with Crippen LogP contribution in [0.1, 0.15) is 18.4 Å². The van der Waals surface area contributed by atoms with Crippen molar-refractivity contribution in [1.29, 1.82) is 0 Å². The van der Waals surface area contributed by atoms with Crippen molar-refractivity contribution < 1.29 is 19.0 Å². The number of benzene rings is 1. The zero-order chi connectivity index (χ0) is 18.8. The van der Waals surface area contributed by atoms with Gasteiger partial charge in [0.25, 0.3) is 0 Å². The Hall–Kier alpha value is -2.31. The number of nitrogens with zero attached hydrogens (tertiary/aromatic N) is 1. The number of halogens is 1. The Kier molecular flexibility index (Phi) is 8.18. The van der Waals surface area contributed by atoms with Crippen molar-refractivity contribution in [1.82, 2.24) is 4.98 Å². The van der Waals surface area contributed by atoms with Gasteiger partial charge in [0.1, 0.15) is 12.4 Å². The van der Waals surface area contributed by atoms with Gasteiger partial charge in [-0.15, -0.1) is 0 Å². The van der Waals surface area contributed by atoms with Gasteiger partial charge in [-0.1, -0.05) is 11.6 Å². The number of methoxy groups -OCH3 is 1. The second kappa shape index (κ2) is 10.6. The topological polar surface area (TPSA) is 69.7 Å².